The van der Waals surface area contributed by atoms with Gasteiger partial charge in [0.15, 0.2) is 5.89 Å². The number of aryl methyl sites for hydroxylation is 3. The minimum absolute atomic E-state index is 0.114. The van der Waals surface area contributed by atoms with Crippen molar-refractivity contribution in [2.45, 2.75) is 39.2 Å². The van der Waals surface area contributed by atoms with Gasteiger partial charge in [-0.05, 0) is 26.0 Å². The first kappa shape index (κ1) is 17.6. The van der Waals surface area contributed by atoms with Gasteiger partial charge in [0.1, 0.15) is 11.4 Å². The summed E-state index contributed by atoms with van der Waals surface area (Å²) in [6.07, 6.45) is 1.27. The second-order valence-electron chi connectivity index (χ2n) is 7.41. The van der Waals surface area contributed by atoms with Gasteiger partial charge in [-0.15, -0.1) is 0 Å². The van der Waals surface area contributed by atoms with E-state index in [1.54, 1.807) is 18.7 Å². The normalized spacial score (nSPS) is 18.5. The van der Waals surface area contributed by atoms with Crippen molar-refractivity contribution in [1.29, 1.82) is 0 Å². The van der Waals surface area contributed by atoms with E-state index in [9.17, 15) is 9.59 Å². The molecule has 1 spiro atoms. The van der Waals surface area contributed by atoms with Crippen LogP contribution in [0.2, 0.25) is 0 Å². The molecule has 2 aliphatic heterocycles. The molecule has 0 radical (unpaired) electrons. The largest absolute Gasteiger partial charge is 0.484 e. The minimum atomic E-state index is -0.501. The molecule has 1 aromatic heterocycles. The fourth-order valence-electron chi connectivity index (χ4n) is 3.79. The van der Waals surface area contributed by atoms with Gasteiger partial charge in [0.25, 0.3) is 11.8 Å². The van der Waals surface area contributed by atoms with Gasteiger partial charge in [0, 0.05) is 32.9 Å². The number of nitrogens with one attached hydrogen (secondary N) is 1. The molecule has 142 valence electrons. The molecule has 2 aliphatic rings. The van der Waals surface area contributed by atoms with Gasteiger partial charge in [-0.1, -0.05) is 11.6 Å². The van der Waals surface area contributed by atoms with E-state index < -0.39 is 5.60 Å². The number of ether oxygens (including phenoxy) is 1. The average Bonchev–Trinajstić information content (AvgIpc) is 2.93. The zero-order chi connectivity index (χ0) is 19.2. The maximum Gasteiger partial charge on any atom is 0.291 e. The smallest absolute Gasteiger partial charge is 0.291 e. The van der Waals surface area contributed by atoms with Crippen molar-refractivity contribution in [2.75, 3.05) is 19.6 Å². The molecule has 1 N–H and O–H groups in total. The van der Waals surface area contributed by atoms with Crippen molar-refractivity contribution >= 4 is 11.8 Å². The number of carbonyl (C=O) groups excluding carboxylic acids is 2. The minimum Gasteiger partial charge on any atom is -0.484 e. The summed E-state index contributed by atoms with van der Waals surface area (Å²) in [5.74, 6) is 1.15. The number of benzene rings is 1. The highest BCUT2D eigenvalue weighted by Crippen LogP contribution is 2.33. The summed E-state index contributed by atoms with van der Waals surface area (Å²) in [5, 5.41) is 2.98. The maximum absolute atomic E-state index is 12.7. The molecule has 0 bridgehead atoms. The molecule has 3 heterocycles. The van der Waals surface area contributed by atoms with Crippen molar-refractivity contribution in [3.8, 4) is 5.75 Å². The lowest BCUT2D eigenvalue weighted by Crippen LogP contribution is -2.54. The van der Waals surface area contributed by atoms with E-state index in [1.165, 1.54) is 0 Å². The number of carbonyl (C=O) groups is 2. The lowest BCUT2D eigenvalue weighted by Gasteiger charge is -2.40. The summed E-state index contributed by atoms with van der Waals surface area (Å²) in [6.45, 7) is 6.96. The fourth-order valence-corrected chi connectivity index (χ4v) is 3.79. The van der Waals surface area contributed by atoms with Gasteiger partial charge in [-0.2, -0.15) is 0 Å². The van der Waals surface area contributed by atoms with Crippen LogP contribution in [0, 0.1) is 20.8 Å². The summed E-state index contributed by atoms with van der Waals surface area (Å²) in [4.78, 5) is 31.1. The van der Waals surface area contributed by atoms with Crippen LogP contribution in [0.4, 0.5) is 0 Å². The van der Waals surface area contributed by atoms with Crippen molar-refractivity contribution in [1.82, 2.24) is 15.2 Å². The predicted molar refractivity (Wildman–Crippen MR) is 98.0 cm³/mol. The van der Waals surface area contributed by atoms with Crippen LogP contribution in [0.15, 0.2) is 22.6 Å². The van der Waals surface area contributed by atoms with E-state index in [0.29, 0.717) is 61.1 Å². The van der Waals surface area contributed by atoms with Crippen LogP contribution in [0.1, 0.15) is 50.9 Å². The van der Waals surface area contributed by atoms with Crippen molar-refractivity contribution in [3.63, 3.8) is 0 Å². The molecule has 27 heavy (non-hydrogen) atoms. The van der Waals surface area contributed by atoms with E-state index in [1.807, 2.05) is 25.1 Å². The standard InChI is InChI=1S/C20H23N3O4/c1-12-4-5-16-15(10-12)18(24)21-11-20(27-16)6-8-23(9-7-20)19(25)17-13(2)22-14(3)26-17/h4-5,10H,6-9,11H2,1-3H3,(H,21,24). The molecular formula is C20H23N3O4. The molecule has 0 atom stereocenters. The third kappa shape index (κ3) is 3.18. The van der Waals surface area contributed by atoms with Gasteiger partial charge in [-0.3, -0.25) is 9.59 Å². The second-order valence-corrected chi connectivity index (χ2v) is 7.41. The van der Waals surface area contributed by atoms with Crippen molar-refractivity contribution in [2.24, 2.45) is 0 Å². The van der Waals surface area contributed by atoms with Gasteiger partial charge in [0.05, 0.1) is 17.8 Å². The first-order valence-electron chi connectivity index (χ1n) is 9.18. The van der Waals surface area contributed by atoms with Crippen molar-refractivity contribution < 1.29 is 18.7 Å². The zero-order valence-corrected chi connectivity index (χ0v) is 15.8. The summed E-state index contributed by atoms with van der Waals surface area (Å²) in [6, 6.07) is 5.64. The molecule has 4 rings (SSSR count). The zero-order valence-electron chi connectivity index (χ0n) is 15.8. The summed E-state index contributed by atoms with van der Waals surface area (Å²) >= 11 is 0. The molecule has 7 heteroatoms. The van der Waals surface area contributed by atoms with E-state index >= 15 is 0 Å². The Bertz CT molecular complexity index is 910. The molecule has 7 nitrogen and oxygen atoms in total. The van der Waals surface area contributed by atoms with Crippen LogP contribution in [0.3, 0.4) is 0 Å². The Labute approximate surface area is 157 Å². The molecule has 2 aromatic rings. The van der Waals surface area contributed by atoms with Gasteiger partial charge in [-0.25, -0.2) is 4.98 Å². The summed E-state index contributed by atoms with van der Waals surface area (Å²) in [7, 11) is 0. The topological polar surface area (TPSA) is 84.7 Å². The quantitative estimate of drug-likeness (QED) is 0.834. The number of nitrogens with zero attached hydrogens (tertiary/aromatic N) is 2. The van der Waals surface area contributed by atoms with E-state index in [4.69, 9.17) is 9.15 Å². The van der Waals surface area contributed by atoms with Gasteiger partial charge < -0.3 is 19.4 Å². The monoisotopic (exact) mass is 369 g/mol. The maximum atomic E-state index is 12.7. The average molecular weight is 369 g/mol. The Balaban J connectivity index is 1.51. The van der Waals surface area contributed by atoms with Crippen LogP contribution < -0.4 is 10.1 Å². The first-order chi connectivity index (χ1) is 12.9. The highest BCUT2D eigenvalue weighted by molar-refractivity contribution is 5.97. The van der Waals surface area contributed by atoms with Crippen molar-refractivity contribution in [3.05, 3.63) is 46.7 Å². The van der Waals surface area contributed by atoms with Crippen LogP contribution in [-0.4, -0.2) is 46.9 Å². The van der Waals surface area contributed by atoms with Crippen LogP contribution in [-0.2, 0) is 0 Å². The summed E-state index contributed by atoms with van der Waals surface area (Å²) in [5.41, 5.74) is 1.69. The number of hydrogen-bond donors (Lipinski definition) is 1. The number of amides is 2. The SMILES string of the molecule is Cc1ccc2c(c1)C(=O)NCC1(CCN(C(=O)c3oc(C)nc3C)CC1)O2. The van der Waals surface area contributed by atoms with E-state index in [0.717, 1.165) is 5.56 Å². The number of rotatable bonds is 1. The molecule has 1 aromatic carbocycles. The first-order valence-corrected chi connectivity index (χ1v) is 9.18. The van der Waals surface area contributed by atoms with Crippen LogP contribution in [0.5, 0.6) is 5.75 Å². The Kier molecular flexibility index (Phi) is 4.17. The van der Waals surface area contributed by atoms with Gasteiger partial charge in [0.2, 0.25) is 5.76 Å². The van der Waals surface area contributed by atoms with E-state index in [2.05, 4.69) is 10.3 Å². The molecule has 2 amide bonds. The van der Waals surface area contributed by atoms with Crippen LogP contribution in [0.25, 0.3) is 0 Å². The molecule has 0 aliphatic carbocycles. The Morgan fingerprint density at radius 1 is 1.22 bits per heavy atom. The Morgan fingerprint density at radius 3 is 2.63 bits per heavy atom. The number of piperidine rings is 1. The highest BCUT2D eigenvalue weighted by atomic mass is 16.5. The Morgan fingerprint density at radius 2 is 1.96 bits per heavy atom. The lowest BCUT2D eigenvalue weighted by atomic mass is 9.90. The number of likely N-dealkylation sites (tertiary alicyclic amines) is 1. The molecule has 1 saturated heterocycles. The number of hydrogen-bond acceptors (Lipinski definition) is 5. The molecule has 1 fully saturated rings. The number of oxazole rings is 1. The molecular weight excluding hydrogens is 346 g/mol. The molecule has 0 saturated carbocycles. The third-order valence-electron chi connectivity index (χ3n) is 5.34. The van der Waals surface area contributed by atoms with E-state index in [-0.39, 0.29) is 11.8 Å². The highest BCUT2D eigenvalue weighted by Gasteiger charge is 2.41. The molecule has 0 unspecified atom stereocenters. The predicted octanol–water partition coefficient (Wildman–Crippen LogP) is 2.40. The fraction of sp³-hybridized carbons (Fsp3) is 0.450. The lowest BCUT2D eigenvalue weighted by molar-refractivity contribution is 0.00663. The van der Waals surface area contributed by atoms with Crippen LogP contribution >= 0.6 is 0 Å². The number of fused-ring (bicyclic) bond motifs is 1. The third-order valence-corrected chi connectivity index (χ3v) is 5.34. The van der Waals surface area contributed by atoms with Gasteiger partial charge >= 0.3 is 0 Å². The second kappa shape index (κ2) is 6.40. The number of aromatic nitrogens is 1. The summed E-state index contributed by atoms with van der Waals surface area (Å²) < 4.78 is 11.8. The Hall–Kier alpha value is -2.83.